The summed E-state index contributed by atoms with van der Waals surface area (Å²) in [4.78, 5) is 5.66. The molecule has 0 atom stereocenters. The van der Waals surface area contributed by atoms with Crippen LogP contribution < -0.4 is 5.32 Å². The Morgan fingerprint density at radius 1 is 1.29 bits per heavy atom. The van der Waals surface area contributed by atoms with Gasteiger partial charge in [-0.05, 0) is 37.1 Å². The van der Waals surface area contributed by atoms with Gasteiger partial charge in [0.25, 0.3) is 0 Å². The number of thiophene rings is 1. The van der Waals surface area contributed by atoms with Gasteiger partial charge in [-0.2, -0.15) is 0 Å². The number of nitrogens with zero attached hydrogens (tertiary/aromatic N) is 1. The Morgan fingerprint density at radius 2 is 2.18 bits per heavy atom. The van der Waals surface area contributed by atoms with Gasteiger partial charge in [-0.1, -0.05) is 17.7 Å². The zero-order valence-corrected chi connectivity index (χ0v) is 11.3. The number of hydrogen-bond acceptors (Lipinski definition) is 3. The highest BCUT2D eigenvalue weighted by Crippen LogP contribution is 2.21. The van der Waals surface area contributed by atoms with Gasteiger partial charge in [-0.25, -0.2) is 0 Å². The molecule has 2 aromatic rings. The summed E-state index contributed by atoms with van der Waals surface area (Å²) in [5.74, 6) is 0. The van der Waals surface area contributed by atoms with Crippen molar-refractivity contribution in [2.75, 3.05) is 6.54 Å². The van der Waals surface area contributed by atoms with Gasteiger partial charge in [0.1, 0.15) is 0 Å². The number of hydrogen-bond donors (Lipinski definition) is 1. The fourth-order valence-electron chi connectivity index (χ4n) is 1.52. The van der Waals surface area contributed by atoms with Crippen LogP contribution in [-0.4, -0.2) is 11.5 Å². The van der Waals surface area contributed by atoms with Gasteiger partial charge in [-0.3, -0.25) is 4.98 Å². The first-order chi connectivity index (χ1) is 8.24. The molecule has 2 heterocycles. The second kappa shape index (κ2) is 6.15. The third-order valence-corrected chi connectivity index (χ3v) is 3.75. The van der Waals surface area contributed by atoms with Crippen LogP contribution in [0.4, 0.5) is 0 Å². The average molecular weight is 267 g/mol. The smallest absolute Gasteiger partial charge is 0.0931 e. The van der Waals surface area contributed by atoms with E-state index in [1.807, 2.05) is 19.2 Å². The maximum absolute atomic E-state index is 5.87. The molecule has 90 valence electrons. The van der Waals surface area contributed by atoms with E-state index in [0.29, 0.717) is 0 Å². The number of aryl methyl sites for hydroxylation is 1. The standard InChI is InChI=1S/C13H15ClN2S/c1-10-2-3-11(16-8-10)9-15-7-6-12-4-5-13(14)17-12/h2-5,8,15H,6-7,9H2,1H3. The molecule has 0 fully saturated rings. The first kappa shape index (κ1) is 12.6. The Hall–Kier alpha value is -0.900. The predicted molar refractivity (Wildman–Crippen MR) is 73.7 cm³/mol. The topological polar surface area (TPSA) is 24.9 Å². The summed E-state index contributed by atoms with van der Waals surface area (Å²) in [7, 11) is 0. The summed E-state index contributed by atoms with van der Waals surface area (Å²) < 4.78 is 0.861. The summed E-state index contributed by atoms with van der Waals surface area (Å²) in [6, 6.07) is 8.18. The predicted octanol–water partition coefficient (Wildman–Crippen LogP) is 3.44. The summed E-state index contributed by atoms with van der Waals surface area (Å²) in [5.41, 5.74) is 2.28. The van der Waals surface area contributed by atoms with Crippen molar-refractivity contribution in [1.82, 2.24) is 10.3 Å². The average Bonchev–Trinajstić information content (AvgIpc) is 2.73. The number of nitrogens with one attached hydrogen (secondary N) is 1. The zero-order chi connectivity index (χ0) is 12.1. The van der Waals surface area contributed by atoms with Crippen molar-refractivity contribution in [3.8, 4) is 0 Å². The van der Waals surface area contributed by atoms with Crippen LogP contribution in [0, 0.1) is 6.92 Å². The molecule has 0 saturated heterocycles. The van der Waals surface area contributed by atoms with Crippen LogP contribution in [0.15, 0.2) is 30.5 Å². The second-order valence-electron chi connectivity index (χ2n) is 3.96. The van der Waals surface area contributed by atoms with Crippen LogP contribution >= 0.6 is 22.9 Å². The molecule has 0 radical (unpaired) electrons. The number of pyridine rings is 1. The molecular weight excluding hydrogens is 252 g/mol. The summed E-state index contributed by atoms with van der Waals surface area (Å²) >= 11 is 7.52. The molecule has 0 spiro atoms. The quantitative estimate of drug-likeness (QED) is 0.839. The molecule has 2 rings (SSSR count). The molecule has 1 N–H and O–H groups in total. The molecule has 0 aromatic carbocycles. The van der Waals surface area contributed by atoms with E-state index in [1.54, 1.807) is 11.3 Å². The lowest BCUT2D eigenvalue weighted by Crippen LogP contribution is -2.17. The summed E-state index contributed by atoms with van der Waals surface area (Å²) in [6.45, 7) is 3.82. The van der Waals surface area contributed by atoms with E-state index in [2.05, 4.69) is 28.5 Å². The van der Waals surface area contributed by atoms with Gasteiger partial charge in [0.2, 0.25) is 0 Å². The van der Waals surface area contributed by atoms with E-state index in [9.17, 15) is 0 Å². The lowest BCUT2D eigenvalue weighted by Gasteiger charge is -2.03. The van der Waals surface area contributed by atoms with E-state index < -0.39 is 0 Å². The van der Waals surface area contributed by atoms with Crippen molar-refractivity contribution in [2.24, 2.45) is 0 Å². The minimum Gasteiger partial charge on any atom is -0.311 e. The fourth-order valence-corrected chi connectivity index (χ4v) is 2.60. The first-order valence-corrected chi connectivity index (χ1v) is 6.80. The van der Waals surface area contributed by atoms with E-state index in [1.165, 1.54) is 10.4 Å². The molecule has 2 aromatic heterocycles. The minimum absolute atomic E-state index is 0.819. The van der Waals surface area contributed by atoms with Gasteiger partial charge in [0.15, 0.2) is 0 Å². The van der Waals surface area contributed by atoms with Gasteiger partial charge in [0, 0.05) is 24.2 Å². The molecule has 0 aliphatic heterocycles. The Kier molecular flexibility index (Phi) is 4.54. The van der Waals surface area contributed by atoms with E-state index in [-0.39, 0.29) is 0 Å². The Balaban J connectivity index is 1.71. The van der Waals surface area contributed by atoms with Crippen LogP contribution in [0.3, 0.4) is 0 Å². The first-order valence-electron chi connectivity index (χ1n) is 5.60. The molecule has 0 saturated carbocycles. The molecule has 2 nitrogen and oxygen atoms in total. The van der Waals surface area contributed by atoms with E-state index in [4.69, 9.17) is 11.6 Å². The normalized spacial score (nSPS) is 10.7. The maximum Gasteiger partial charge on any atom is 0.0931 e. The van der Waals surface area contributed by atoms with Crippen molar-refractivity contribution in [1.29, 1.82) is 0 Å². The SMILES string of the molecule is Cc1ccc(CNCCc2ccc(Cl)s2)nc1. The second-order valence-corrected chi connectivity index (χ2v) is 5.76. The highest BCUT2D eigenvalue weighted by atomic mass is 35.5. The number of aromatic nitrogens is 1. The van der Waals surface area contributed by atoms with Crippen LogP contribution in [0.2, 0.25) is 4.34 Å². The monoisotopic (exact) mass is 266 g/mol. The largest absolute Gasteiger partial charge is 0.311 e. The highest BCUT2D eigenvalue weighted by Gasteiger charge is 1.98. The molecule has 0 aliphatic carbocycles. The molecule has 0 amide bonds. The van der Waals surface area contributed by atoms with Crippen LogP contribution in [0.1, 0.15) is 16.1 Å². The summed E-state index contributed by atoms with van der Waals surface area (Å²) in [6.07, 6.45) is 2.92. The molecular formula is C13H15ClN2S. The lowest BCUT2D eigenvalue weighted by atomic mass is 10.2. The number of halogens is 1. The molecule has 0 unspecified atom stereocenters. The van der Waals surface area contributed by atoms with Crippen molar-refractivity contribution in [3.05, 3.63) is 50.9 Å². The van der Waals surface area contributed by atoms with E-state index in [0.717, 1.165) is 29.5 Å². The maximum atomic E-state index is 5.87. The molecule has 17 heavy (non-hydrogen) atoms. The minimum atomic E-state index is 0.819. The van der Waals surface area contributed by atoms with E-state index >= 15 is 0 Å². The van der Waals surface area contributed by atoms with Crippen molar-refractivity contribution in [3.63, 3.8) is 0 Å². The third-order valence-electron chi connectivity index (χ3n) is 2.46. The third kappa shape index (κ3) is 4.11. The summed E-state index contributed by atoms with van der Waals surface area (Å²) in [5, 5.41) is 3.38. The highest BCUT2D eigenvalue weighted by molar-refractivity contribution is 7.16. The van der Waals surface area contributed by atoms with Crippen molar-refractivity contribution < 1.29 is 0 Å². The van der Waals surface area contributed by atoms with Gasteiger partial charge >= 0.3 is 0 Å². The fraction of sp³-hybridized carbons (Fsp3) is 0.308. The molecule has 0 aliphatic rings. The van der Waals surface area contributed by atoms with Crippen LogP contribution in [0.5, 0.6) is 0 Å². The zero-order valence-electron chi connectivity index (χ0n) is 9.74. The van der Waals surface area contributed by atoms with Gasteiger partial charge in [0.05, 0.1) is 10.0 Å². The van der Waals surface area contributed by atoms with Crippen molar-refractivity contribution in [2.45, 2.75) is 19.9 Å². The molecule has 4 heteroatoms. The van der Waals surface area contributed by atoms with Crippen LogP contribution in [-0.2, 0) is 13.0 Å². The lowest BCUT2D eigenvalue weighted by molar-refractivity contribution is 0.678. The Bertz CT molecular complexity index is 465. The van der Waals surface area contributed by atoms with Crippen molar-refractivity contribution >= 4 is 22.9 Å². The van der Waals surface area contributed by atoms with Crippen LogP contribution in [0.25, 0.3) is 0 Å². The number of rotatable bonds is 5. The Labute approximate surface area is 111 Å². The van der Waals surface area contributed by atoms with Gasteiger partial charge < -0.3 is 5.32 Å². The molecule has 0 bridgehead atoms. The Morgan fingerprint density at radius 3 is 2.82 bits per heavy atom. The van der Waals surface area contributed by atoms with Gasteiger partial charge in [-0.15, -0.1) is 11.3 Å².